The molecule has 0 radical (unpaired) electrons. The fraction of sp³-hybridized carbons (Fsp3) is 0.485. The number of hydrogen-bond donors (Lipinski definition) is 1. The number of nitrogens with zero attached hydrogens (tertiary/aromatic N) is 8. The topological polar surface area (TPSA) is 133 Å². The van der Waals surface area contributed by atoms with E-state index in [-0.39, 0.29) is 11.3 Å². The summed E-state index contributed by atoms with van der Waals surface area (Å²) in [6.07, 6.45) is 16.0. The predicted octanol–water partition coefficient (Wildman–Crippen LogP) is 4.74. The molecule has 46 heavy (non-hydrogen) atoms. The van der Waals surface area contributed by atoms with Crippen molar-refractivity contribution in [1.82, 2.24) is 38.8 Å². The molecule has 0 atom stereocenters. The molecule has 13 heteroatoms. The maximum absolute atomic E-state index is 12.6. The largest absolute Gasteiger partial charge is 0.492 e. The molecule has 0 unspecified atom stereocenters. The highest BCUT2D eigenvalue weighted by atomic mass is 32.2. The molecule has 4 heterocycles. The summed E-state index contributed by atoms with van der Waals surface area (Å²) in [5.74, 6) is 9.72. The fourth-order valence-corrected chi connectivity index (χ4v) is 7.10. The normalized spacial score (nSPS) is 18.4. The van der Waals surface area contributed by atoms with Crippen LogP contribution in [0.3, 0.4) is 0 Å². The van der Waals surface area contributed by atoms with Gasteiger partial charge >= 0.3 is 0 Å². The Labute approximate surface area is 270 Å². The van der Waals surface area contributed by atoms with Gasteiger partial charge in [-0.2, -0.15) is 14.3 Å². The van der Waals surface area contributed by atoms with Crippen molar-refractivity contribution >= 4 is 21.7 Å². The third-order valence-electron chi connectivity index (χ3n) is 8.34. The number of pyridine rings is 1. The Kier molecular flexibility index (Phi) is 9.37. The van der Waals surface area contributed by atoms with Crippen LogP contribution < -0.4 is 10.1 Å². The van der Waals surface area contributed by atoms with Crippen molar-refractivity contribution in [1.29, 1.82) is 0 Å². The second-order valence-electron chi connectivity index (χ2n) is 12.8. The zero-order chi connectivity index (χ0) is 32.3. The summed E-state index contributed by atoms with van der Waals surface area (Å²) < 4.78 is 34.5. The summed E-state index contributed by atoms with van der Waals surface area (Å²) in [5.41, 5.74) is 2.02. The van der Waals surface area contributed by atoms with E-state index in [4.69, 9.17) is 4.74 Å². The maximum atomic E-state index is 12.6. The molecule has 2 aliphatic carbocycles. The van der Waals surface area contributed by atoms with Crippen molar-refractivity contribution in [3.8, 4) is 29.0 Å². The highest BCUT2D eigenvalue weighted by Gasteiger charge is 2.37. The molecule has 0 saturated heterocycles. The van der Waals surface area contributed by atoms with Gasteiger partial charge < -0.3 is 15.0 Å². The van der Waals surface area contributed by atoms with Gasteiger partial charge in [0.05, 0.1) is 47.1 Å². The first-order valence-corrected chi connectivity index (χ1v) is 17.4. The van der Waals surface area contributed by atoms with Crippen LogP contribution in [0.25, 0.3) is 11.4 Å². The third kappa shape index (κ3) is 7.74. The molecule has 2 saturated carbocycles. The molecular weight excluding hydrogens is 602 g/mol. The van der Waals surface area contributed by atoms with Crippen LogP contribution in [0.5, 0.6) is 5.75 Å². The monoisotopic (exact) mass is 643 g/mol. The molecule has 4 aromatic heterocycles. The third-order valence-corrected chi connectivity index (χ3v) is 10.4. The average molecular weight is 644 g/mol. The van der Waals surface area contributed by atoms with Gasteiger partial charge in [-0.15, -0.1) is 0 Å². The van der Waals surface area contributed by atoms with Crippen LogP contribution in [0.1, 0.15) is 69.5 Å². The van der Waals surface area contributed by atoms with E-state index < -0.39 is 10.0 Å². The minimum atomic E-state index is -3.47. The van der Waals surface area contributed by atoms with Crippen molar-refractivity contribution in [2.24, 2.45) is 11.8 Å². The minimum absolute atomic E-state index is 0.253. The van der Waals surface area contributed by atoms with Gasteiger partial charge in [-0.1, -0.05) is 11.8 Å². The van der Waals surface area contributed by atoms with Crippen molar-refractivity contribution < 1.29 is 13.2 Å². The number of nitrogens with one attached hydrogen (secondary N) is 1. The van der Waals surface area contributed by atoms with Gasteiger partial charge in [0.15, 0.2) is 5.82 Å². The second-order valence-corrected chi connectivity index (χ2v) is 14.9. The molecule has 2 fully saturated rings. The number of anilines is 2. The van der Waals surface area contributed by atoms with Crippen LogP contribution in [-0.4, -0.2) is 79.7 Å². The number of hydrogen-bond acceptors (Lipinski definition) is 10. The molecule has 242 valence electrons. The summed E-state index contributed by atoms with van der Waals surface area (Å²) in [7, 11) is 0.802. The number of rotatable bonds is 11. The van der Waals surface area contributed by atoms with E-state index in [9.17, 15) is 8.42 Å². The number of aromatic nitrogens is 7. The van der Waals surface area contributed by atoms with Gasteiger partial charge in [0, 0.05) is 37.2 Å². The van der Waals surface area contributed by atoms with Gasteiger partial charge in [-0.3, -0.25) is 4.68 Å². The van der Waals surface area contributed by atoms with Crippen molar-refractivity contribution in [2.75, 3.05) is 32.6 Å². The summed E-state index contributed by atoms with van der Waals surface area (Å²) in [6, 6.07) is 3.83. The van der Waals surface area contributed by atoms with Gasteiger partial charge in [0.2, 0.25) is 0 Å². The van der Waals surface area contributed by atoms with E-state index >= 15 is 0 Å². The summed E-state index contributed by atoms with van der Waals surface area (Å²) in [6.45, 7) is 5.90. The van der Waals surface area contributed by atoms with E-state index in [2.05, 4.69) is 75.1 Å². The molecule has 0 bridgehead atoms. The molecule has 0 spiro atoms. The van der Waals surface area contributed by atoms with E-state index in [0.717, 1.165) is 35.0 Å². The van der Waals surface area contributed by atoms with Gasteiger partial charge in [0.25, 0.3) is 10.0 Å². The van der Waals surface area contributed by atoms with Crippen molar-refractivity contribution in [3.05, 3.63) is 60.4 Å². The van der Waals surface area contributed by atoms with Crippen molar-refractivity contribution in [3.63, 3.8) is 0 Å². The first-order chi connectivity index (χ1) is 22.1. The lowest BCUT2D eigenvalue weighted by Crippen LogP contribution is -2.27. The Morgan fingerprint density at radius 3 is 2.48 bits per heavy atom. The molecule has 6 rings (SSSR count). The van der Waals surface area contributed by atoms with Crippen LogP contribution in [0.15, 0.2) is 49.3 Å². The second kappa shape index (κ2) is 13.6. The molecule has 12 nitrogen and oxygen atoms in total. The first kappa shape index (κ1) is 31.7. The Morgan fingerprint density at radius 1 is 0.978 bits per heavy atom. The van der Waals surface area contributed by atoms with Gasteiger partial charge in [0.1, 0.15) is 17.4 Å². The van der Waals surface area contributed by atoms with E-state index in [1.165, 1.54) is 25.2 Å². The highest BCUT2D eigenvalue weighted by molar-refractivity contribution is 7.90. The van der Waals surface area contributed by atoms with Crippen LogP contribution in [0, 0.1) is 23.7 Å². The van der Waals surface area contributed by atoms with Crippen LogP contribution in [-0.2, 0) is 10.0 Å². The summed E-state index contributed by atoms with van der Waals surface area (Å²) in [4.78, 5) is 15.8. The lowest BCUT2D eigenvalue weighted by Gasteiger charge is -2.30. The van der Waals surface area contributed by atoms with Crippen LogP contribution in [0.2, 0.25) is 0 Å². The molecule has 0 amide bonds. The van der Waals surface area contributed by atoms with Gasteiger partial charge in [-0.25, -0.2) is 23.4 Å². The Balaban J connectivity index is 1.19. The minimum Gasteiger partial charge on any atom is -0.492 e. The lowest BCUT2D eigenvalue weighted by atomic mass is 9.82. The van der Waals surface area contributed by atoms with E-state index in [1.54, 1.807) is 24.7 Å². The molecule has 0 aromatic carbocycles. The molecule has 2 aliphatic rings. The molecule has 1 N–H and O–H groups in total. The first-order valence-electron chi connectivity index (χ1n) is 15.9. The zero-order valence-corrected chi connectivity index (χ0v) is 27.6. The Morgan fingerprint density at radius 2 is 1.76 bits per heavy atom. The predicted molar refractivity (Wildman–Crippen MR) is 176 cm³/mol. The Bertz CT molecular complexity index is 1830. The van der Waals surface area contributed by atoms with Crippen LogP contribution >= 0.6 is 0 Å². The fourth-order valence-electron chi connectivity index (χ4n) is 5.62. The Hall–Kier alpha value is -4.28. The quantitative estimate of drug-likeness (QED) is 0.229. The molecule has 4 aromatic rings. The summed E-state index contributed by atoms with van der Waals surface area (Å²) in [5, 5.41) is 11.3. The smallest absolute Gasteiger partial charge is 0.256 e. The zero-order valence-electron chi connectivity index (χ0n) is 26.8. The standard InChI is InChI=1S/C33H41N9O3S/c1-23(2)41-20-26(16-36-41)9-10-27-17-35-32(15-30(27)45-22-25-7-5-24(6-8-25)19-40(3)4)38-31-13-14-34-33(39-31)28-18-37-42(21-28)46(43,44)29-11-12-29/h13-18,20-21,23-25,29H,5-8,11-12,19,22H2,1-4H3,(H,34,35,38,39). The van der Waals surface area contributed by atoms with Gasteiger partial charge in [-0.05, 0) is 84.4 Å². The SMILES string of the molecule is CC(C)n1cc(C#Cc2cnc(Nc3ccnc(-c4cnn(S(=O)(=O)C5CC5)c4)n3)cc2OCC2CCC(CN(C)C)CC2)cn1. The molecule has 0 aliphatic heterocycles. The molecular formula is C33H41N9O3S. The van der Waals surface area contributed by atoms with E-state index in [1.807, 2.05) is 16.9 Å². The van der Waals surface area contributed by atoms with E-state index in [0.29, 0.717) is 59.7 Å². The lowest BCUT2D eigenvalue weighted by molar-refractivity contribution is 0.166. The maximum Gasteiger partial charge on any atom is 0.256 e. The highest BCUT2D eigenvalue weighted by Crippen LogP contribution is 2.32. The number of ether oxygens (including phenoxy) is 1. The summed E-state index contributed by atoms with van der Waals surface area (Å²) >= 11 is 0. The average Bonchev–Trinajstić information content (AvgIpc) is 3.58. The van der Waals surface area contributed by atoms with Crippen LogP contribution in [0.4, 0.5) is 11.6 Å². The van der Waals surface area contributed by atoms with Crippen molar-refractivity contribution in [2.45, 2.75) is 63.7 Å².